The Morgan fingerprint density at radius 3 is 2.33 bits per heavy atom. The van der Waals surface area contributed by atoms with E-state index in [-0.39, 0.29) is 0 Å². The predicted octanol–water partition coefficient (Wildman–Crippen LogP) is 6.12. The van der Waals surface area contributed by atoms with Gasteiger partial charge in [-0.3, -0.25) is 0 Å². The average Bonchev–Trinajstić information content (AvgIpc) is 3.00. The van der Waals surface area contributed by atoms with Crippen LogP contribution >= 0.6 is 11.3 Å². The zero-order chi connectivity index (χ0) is 19.0. The Hall–Kier alpha value is -2.92. The van der Waals surface area contributed by atoms with E-state index in [0.29, 0.717) is 5.92 Å². The van der Waals surface area contributed by atoms with Crippen LogP contribution in [-0.2, 0) is 0 Å². The van der Waals surface area contributed by atoms with Gasteiger partial charge in [0, 0.05) is 21.8 Å². The topological polar surface area (TPSA) is 63.8 Å². The van der Waals surface area contributed by atoms with Crippen LogP contribution in [0.5, 0.6) is 0 Å². The number of anilines is 3. The molecule has 0 amide bonds. The van der Waals surface area contributed by atoms with Crippen LogP contribution in [0.2, 0.25) is 0 Å². The lowest BCUT2D eigenvalue weighted by molar-refractivity contribution is 0.867. The lowest BCUT2D eigenvalue weighted by Gasteiger charge is -2.10. The molecule has 2 heterocycles. The molecule has 0 aliphatic rings. The minimum Gasteiger partial charge on any atom is -0.399 e. The summed E-state index contributed by atoms with van der Waals surface area (Å²) < 4.78 is 0. The van der Waals surface area contributed by atoms with Crippen molar-refractivity contribution in [1.82, 2.24) is 9.97 Å². The second-order valence-electron chi connectivity index (χ2n) is 6.96. The summed E-state index contributed by atoms with van der Waals surface area (Å²) in [6, 6.07) is 16.5. The molecule has 5 heteroatoms. The first kappa shape index (κ1) is 17.5. The van der Waals surface area contributed by atoms with Crippen molar-refractivity contribution in [2.45, 2.75) is 26.7 Å². The Labute approximate surface area is 163 Å². The second-order valence-corrected chi connectivity index (χ2v) is 8.16. The standard InChI is InChI=1S/C22H22N4S/c1-13(2)15-4-6-16(7-5-15)19-14(3)27-22-20(19)21(24-12-25-22)26-18-10-8-17(23)9-11-18/h4-13H,23H2,1-3H3,(H,24,25,26). The Kier molecular flexibility index (Phi) is 4.54. The normalized spacial score (nSPS) is 11.3. The van der Waals surface area contributed by atoms with E-state index in [1.165, 1.54) is 21.6 Å². The fraction of sp³-hybridized carbons (Fsp3) is 0.182. The van der Waals surface area contributed by atoms with Gasteiger partial charge in [0.1, 0.15) is 17.0 Å². The summed E-state index contributed by atoms with van der Waals surface area (Å²) in [5, 5.41) is 4.49. The molecule has 0 unspecified atom stereocenters. The smallest absolute Gasteiger partial charge is 0.143 e. The Morgan fingerprint density at radius 1 is 0.963 bits per heavy atom. The first-order chi connectivity index (χ1) is 13.0. The first-order valence-electron chi connectivity index (χ1n) is 9.00. The van der Waals surface area contributed by atoms with Crippen molar-refractivity contribution in [3.05, 3.63) is 65.3 Å². The van der Waals surface area contributed by atoms with E-state index in [1.807, 2.05) is 24.3 Å². The van der Waals surface area contributed by atoms with Crippen molar-refractivity contribution in [1.29, 1.82) is 0 Å². The molecule has 0 saturated heterocycles. The molecule has 4 nitrogen and oxygen atoms in total. The zero-order valence-electron chi connectivity index (χ0n) is 15.7. The minimum absolute atomic E-state index is 0.519. The molecule has 27 heavy (non-hydrogen) atoms. The molecule has 0 aliphatic heterocycles. The molecule has 0 bridgehead atoms. The van der Waals surface area contributed by atoms with Crippen LogP contribution in [-0.4, -0.2) is 9.97 Å². The number of thiophene rings is 1. The van der Waals surface area contributed by atoms with E-state index >= 15 is 0 Å². The number of nitrogens with zero attached hydrogens (tertiary/aromatic N) is 2. The van der Waals surface area contributed by atoms with Crippen LogP contribution in [0.25, 0.3) is 21.3 Å². The molecule has 0 saturated carbocycles. The SMILES string of the molecule is Cc1sc2ncnc(Nc3ccc(N)cc3)c2c1-c1ccc(C(C)C)cc1. The van der Waals surface area contributed by atoms with E-state index in [1.54, 1.807) is 17.7 Å². The molecule has 4 rings (SSSR count). The van der Waals surface area contributed by atoms with Gasteiger partial charge in [-0.25, -0.2) is 9.97 Å². The summed E-state index contributed by atoms with van der Waals surface area (Å²) in [7, 11) is 0. The minimum atomic E-state index is 0.519. The summed E-state index contributed by atoms with van der Waals surface area (Å²) in [5.74, 6) is 1.34. The average molecular weight is 375 g/mol. The number of benzene rings is 2. The highest BCUT2D eigenvalue weighted by molar-refractivity contribution is 7.19. The van der Waals surface area contributed by atoms with E-state index in [2.05, 4.69) is 60.3 Å². The van der Waals surface area contributed by atoms with Gasteiger partial charge in [-0.1, -0.05) is 38.1 Å². The maximum Gasteiger partial charge on any atom is 0.143 e. The van der Waals surface area contributed by atoms with Crippen LogP contribution in [0.4, 0.5) is 17.2 Å². The first-order valence-corrected chi connectivity index (χ1v) is 9.81. The summed E-state index contributed by atoms with van der Waals surface area (Å²) in [4.78, 5) is 11.2. The summed E-state index contributed by atoms with van der Waals surface area (Å²) >= 11 is 1.70. The van der Waals surface area contributed by atoms with Crippen molar-refractivity contribution < 1.29 is 0 Å². The summed E-state index contributed by atoms with van der Waals surface area (Å²) in [6.07, 6.45) is 1.61. The summed E-state index contributed by atoms with van der Waals surface area (Å²) in [5.41, 5.74) is 11.2. The number of fused-ring (bicyclic) bond motifs is 1. The fourth-order valence-electron chi connectivity index (χ4n) is 3.22. The maximum absolute atomic E-state index is 5.80. The van der Waals surface area contributed by atoms with Gasteiger partial charge in [0.2, 0.25) is 0 Å². The van der Waals surface area contributed by atoms with Crippen LogP contribution in [0, 0.1) is 6.92 Å². The molecular weight excluding hydrogens is 352 g/mol. The molecule has 4 aromatic rings. The second kappa shape index (κ2) is 7.00. The lowest BCUT2D eigenvalue weighted by Crippen LogP contribution is -1.96. The number of nitrogen functional groups attached to an aromatic ring is 1. The Balaban J connectivity index is 1.83. The van der Waals surface area contributed by atoms with Crippen molar-refractivity contribution >= 4 is 38.7 Å². The lowest BCUT2D eigenvalue weighted by atomic mass is 9.98. The molecular formula is C22H22N4S. The third-order valence-corrected chi connectivity index (χ3v) is 5.72. The number of nitrogens with two attached hydrogens (primary N) is 1. The highest BCUT2D eigenvalue weighted by atomic mass is 32.1. The largest absolute Gasteiger partial charge is 0.399 e. The molecule has 2 aromatic heterocycles. The van der Waals surface area contributed by atoms with Crippen molar-refractivity contribution in [2.24, 2.45) is 0 Å². The Bertz CT molecular complexity index is 1080. The predicted molar refractivity (Wildman–Crippen MR) is 116 cm³/mol. The molecule has 0 aliphatic carbocycles. The summed E-state index contributed by atoms with van der Waals surface area (Å²) in [6.45, 7) is 6.57. The van der Waals surface area contributed by atoms with Gasteiger partial charge >= 0.3 is 0 Å². The quantitative estimate of drug-likeness (QED) is 0.423. The number of aryl methyl sites for hydroxylation is 1. The molecule has 0 radical (unpaired) electrons. The highest BCUT2D eigenvalue weighted by Crippen LogP contribution is 2.41. The molecule has 0 atom stereocenters. The number of hydrogen-bond donors (Lipinski definition) is 2. The Morgan fingerprint density at radius 2 is 1.67 bits per heavy atom. The van der Waals surface area contributed by atoms with Gasteiger partial charge < -0.3 is 11.1 Å². The molecule has 0 fully saturated rings. The van der Waals surface area contributed by atoms with Gasteiger partial charge in [-0.05, 0) is 48.2 Å². The van der Waals surface area contributed by atoms with Gasteiger partial charge in [0.05, 0.1) is 5.39 Å². The van der Waals surface area contributed by atoms with Crippen molar-refractivity contribution in [3.8, 4) is 11.1 Å². The van der Waals surface area contributed by atoms with Crippen LogP contribution < -0.4 is 11.1 Å². The molecule has 3 N–H and O–H groups in total. The number of hydrogen-bond acceptors (Lipinski definition) is 5. The molecule has 2 aromatic carbocycles. The third-order valence-electron chi connectivity index (χ3n) is 4.70. The van der Waals surface area contributed by atoms with Crippen LogP contribution in [0.15, 0.2) is 54.9 Å². The molecule has 136 valence electrons. The fourth-order valence-corrected chi connectivity index (χ4v) is 4.24. The van der Waals surface area contributed by atoms with Crippen LogP contribution in [0.3, 0.4) is 0 Å². The van der Waals surface area contributed by atoms with Crippen molar-refractivity contribution in [2.75, 3.05) is 11.1 Å². The zero-order valence-corrected chi connectivity index (χ0v) is 16.5. The monoisotopic (exact) mass is 374 g/mol. The number of nitrogens with one attached hydrogen (secondary N) is 1. The van der Waals surface area contributed by atoms with Gasteiger partial charge in [-0.2, -0.15) is 0 Å². The number of rotatable bonds is 4. The van der Waals surface area contributed by atoms with E-state index in [0.717, 1.165) is 27.4 Å². The van der Waals surface area contributed by atoms with Gasteiger partial charge in [0.15, 0.2) is 0 Å². The number of aromatic nitrogens is 2. The van der Waals surface area contributed by atoms with Gasteiger partial charge in [0.25, 0.3) is 0 Å². The maximum atomic E-state index is 5.80. The van der Waals surface area contributed by atoms with E-state index in [9.17, 15) is 0 Å². The van der Waals surface area contributed by atoms with Crippen molar-refractivity contribution in [3.63, 3.8) is 0 Å². The van der Waals surface area contributed by atoms with Gasteiger partial charge in [-0.15, -0.1) is 11.3 Å². The third kappa shape index (κ3) is 3.38. The van der Waals surface area contributed by atoms with E-state index in [4.69, 9.17) is 5.73 Å². The van der Waals surface area contributed by atoms with Crippen LogP contribution in [0.1, 0.15) is 30.2 Å². The van der Waals surface area contributed by atoms with E-state index < -0.39 is 0 Å². The molecule has 0 spiro atoms. The highest BCUT2D eigenvalue weighted by Gasteiger charge is 2.17.